The third-order valence-electron chi connectivity index (χ3n) is 3.87. The smallest absolute Gasteiger partial charge is 0.269 e. The summed E-state index contributed by atoms with van der Waals surface area (Å²) in [6.07, 6.45) is 1.97. The molecule has 0 aromatic heterocycles. The predicted octanol–water partition coefficient (Wildman–Crippen LogP) is 1.70. The van der Waals surface area contributed by atoms with E-state index in [4.69, 9.17) is 0 Å². The summed E-state index contributed by atoms with van der Waals surface area (Å²) >= 11 is 0. The van der Waals surface area contributed by atoms with Crippen LogP contribution >= 0.6 is 0 Å². The Kier molecular flexibility index (Phi) is 5.67. The first kappa shape index (κ1) is 15.9. The fraction of sp³-hybridized carbons (Fsp3) is 0.600. The van der Waals surface area contributed by atoms with Gasteiger partial charge in [-0.25, -0.2) is 0 Å². The third-order valence-corrected chi connectivity index (χ3v) is 3.87. The number of nitrogens with zero attached hydrogens (tertiary/aromatic N) is 2. The highest BCUT2D eigenvalue weighted by atomic mass is 16.6. The predicted molar refractivity (Wildman–Crippen MR) is 81.2 cm³/mol. The minimum atomic E-state index is -0.637. The number of nitro groups is 1. The number of rotatable bonds is 9. The molecule has 0 spiro atoms. The van der Waals surface area contributed by atoms with Crippen LogP contribution in [0, 0.1) is 10.1 Å². The molecule has 2 rings (SSSR count). The van der Waals surface area contributed by atoms with Crippen molar-refractivity contribution in [2.24, 2.45) is 0 Å². The molecule has 0 saturated heterocycles. The van der Waals surface area contributed by atoms with Crippen LogP contribution in [-0.4, -0.2) is 47.2 Å². The summed E-state index contributed by atoms with van der Waals surface area (Å²) in [6.45, 7) is 5.53. The molecule has 1 unspecified atom stereocenters. The van der Waals surface area contributed by atoms with E-state index in [0.717, 1.165) is 25.7 Å². The lowest BCUT2D eigenvalue weighted by atomic mass is 10.1. The van der Waals surface area contributed by atoms with Crippen LogP contribution < -0.4 is 5.32 Å². The van der Waals surface area contributed by atoms with Crippen LogP contribution in [0.4, 0.5) is 5.69 Å². The Hall–Kier alpha value is -1.50. The van der Waals surface area contributed by atoms with E-state index in [-0.39, 0.29) is 5.69 Å². The van der Waals surface area contributed by atoms with Crippen LogP contribution in [0.25, 0.3) is 0 Å². The van der Waals surface area contributed by atoms with Crippen molar-refractivity contribution in [2.75, 3.05) is 26.2 Å². The number of hydrogen-bond acceptors (Lipinski definition) is 5. The van der Waals surface area contributed by atoms with Gasteiger partial charge in [-0.1, -0.05) is 6.92 Å². The van der Waals surface area contributed by atoms with Crippen molar-refractivity contribution in [1.29, 1.82) is 0 Å². The maximum atomic E-state index is 10.6. The van der Waals surface area contributed by atoms with Gasteiger partial charge in [-0.15, -0.1) is 0 Å². The molecule has 6 nitrogen and oxygen atoms in total. The van der Waals surface area contributed by atoms with Gasteiger partial charge in [0.25, 0.3) is 5.69 Å². The maximum absolute atomic E-state index is 10.6. The standard InChI is InChI=1S/C15H23N3O3/c1-2-17(13-7-8-13)10-9-16-11-15(19)12-3-5-14(6-4-12)18(20)21/h3-6,13,15-16,19H,2,7-11H2,1H3. The Balaban J connectivity index is 1.71. The van der Waals surface area contributed by atoms with Crippen molar-refractivity contribution in [3.05, 3.63) is 39.9 Å². The van der Waals surface area contributed by atoms with Crippen LogP contribution in [-0.2, 0) is 0 Å². The molecule has 1 aliphatic rings. The first-order chi connectivity index (χ1) is 10.1. The Bertz CT molecular complexity index is 460. The van der Waals surface area contributed by atoms with E-state index in [1.165, 1.54) is 25.0 Å². The zero-order chi connectivity index (χ0) is 15.2. The minimum Gasteiger partial charge on any atom is -0.387 e. The van der Waals surface area contributed by atoms with E-state index in [2.05, 4.69) is 17.1 Å². The summed E-state index contributed by atoms with van der Waals surface area (Å²) in [5, 5.41) is 23.9. The van der Waals surface area contributed by atoms with Crippen molar-refractivity contribution in [2.45, 2.75) is 31.9 Å². The molecule has 1 aliphatic carbocycles. The average molecular weight is 293 g/mol. The molecule has 1 saturated carbocycles. The van der Waals surface area contributed by atoms with Gasteiger partial charge in [0.05, 0.1) is 11.0 Å². The normalized spacial score (nSPS) is 16.1. The minimum absolute atomic E-state index is 0.0435. The van der Waals surface area contributed by atoms with Crippen molar-refractivity contribution < 1.29 is 10.0 Å². The molecule has 0 bridgehead atoms. The van der Waals surface area contributed by atoms with Gasteiger partial charge >= 0.3 is 0 Å². The lowest BCUT2D eigenvalue weighted by Gasteiger charge is -2.20. The number of non-ortho nitro benzene ring substituents is 1. The van der Waals surface area contributed by atoms with Gasteiger partial charge < -0.3 is 10.4 Å². The molecule has 116 valence electrons. The summed E-state index contributed by atoms with van der Waals surface area (Å²) in [4.78, 5) is 12.6. The van der Waals surface area contributed by atoms with E-state index in [0.29, 0.717) is 12.1 Å². The second-order valence-electron chi connectivity index (χ2n) is 5.43. The van der Waals surface area contributed by atoms with Crippen molar-refractivity contribution in [3.8, 4) is 0 Å². The highest BCUT2D eigenvalue weighted by molar-refractivity contribution is 5.33. The lowest BCUT2D eigenvalue weighted by Crippen LogP contribution is -2.35. The van der Waals surface area contributed by atoms with Crippen molar-refractivity contribution in [3.63, 3.8) is 0 Å². The summed E-state index contributed by atoms with van der Waals surface area (Å²) in [6, 6.07) is 6.81. The maximum Gasteiger partial charge on any atom is 0.269 e. The number of likely N-dealkylation sites (N-methyl/N-ethyl adjacent to an activating group) is 1. The molecule has 1 aromatic rings. The van der Waals surface area contributed by atoms with Crippen LogP contribution in [0.5, 0.6) is 0 Å². The zero-order valence-electron chi connectivity index (χ0n) is 12.4. The van der Waals surface area contributed by atoms with Crippen LogP contribution in [0.3, 0.4) is 0 Å². The van der Waals surface area contributed by atoms with E-state index in [1.807, 2.05) is 0 Å². The van der Waals surface area contributed by atoms with Crippen LogP contribution in [0.2, 0.25) is 0 Å². The highest BCUT2D eigenvalue weighted by Crippen LogP contribution is 2.25. The topological polar surface area (TPSA) is 78.6 Å². The number of nitro benzene ring substituents is 1. The first-order valence-electron chi connectivity index (χ1n) is 7.49. The second kappa shape index (κ2) is 7.49. The molecule has 2 N–H and O–H groups in total. The number of aliphatic hydroxyl groups is 1. The summed E-state index contributed by atoms with van der Waals surface area (Å²) in [7, 11) is 0. The Morgan fingerprint density at radius 3 is 2.62 bits per heavy atom. The van der Waals surface area contributed by atoms with Gasteiger partial charge in [-0.2, -0.15) is 0 Å². The Morgan fingerprint density at radius 2 is 2.10 bits per heavy atom. The number of benzene rings is 1. The molecule has 21 heavy (non-hydrogen) atoms. The summed E-state index contributed by atoms with van der Waals surface area (Å²) in [5.74, 6) is 0. The molecule has 6 heteroatoms. The molecule has 1 aromatic carbocycles. The number of nitrogens with one attached hydrogen (secondary N) is 1. The fourth-order valence-electron chi connectivity index (χ4n) is 2.44. The van der Waals surface area contributed by atoms with E-state index in [9.17, 15) is 15.2 Å². The van der Waals surface area contributed by atoms with Gasteiger partial charge in [0.1, 0.15) is 0 Å². The highest BCUT2D eigenvalue weighted by Gasteiger charge is 2.27. The van der Waals surface area contributed by atoms with Crippen LogP contribution in [0.15, 0.2) is 24.3 Å². The van der Waals surface area contributed by atoms with E-state index < -0.39 is 11.0 Å². The molecule has 0 amide bonds. The average Bonchev–Trinajstić information content (AvgIpc) is 3.32. The van der Waals surface area contributed by atoms with Gasteiger partial charge in [-0.3, -0.25) is 15.0 Å². The monoisotopic (exact) mass is 293 g/mol. The van der Waals surface area contributed by atoms with Crippen molar-refractivity contribution in [1.82, 2.24) is 10.2 Å². The number of hydrogen-bond donors (Lipinski definition) is 2. The fourth-order valence-corrected chi connectivity index (χ4v) is 2.44. The van der Waals surface area contributed by atoms with Crippen molar-refractivity contribution >= 4 is 5.69 Å². The van der Waals surface area contributed by atoms with Gasteiger partial charge in [-0.05, 0) is 37.1 Å². The third kappa shape index (κ3) is 4.77. The van der Waals surface area contributed by atoms with E-state index >= 15 is 0 Å². The van der Waals surface area contributed by atoms with Gasteiger partial charge in [0.2, 0.25) is 0 Å². The molecule has 0 heterocycles. The lowest BCUT2D eigenvalue weighted by molar-refractivity contribution is -0.384. The number of aliphatic hydroxyl groups excluding tert-OH is 1. The summed E-state index contributed by atoms with van der Waals surface area (Å²) in [5.41, 5.74) is 0.740. The molecule has 0 radical (unpaired) electrons. The quantitative estimate of drug-likeness (QED) is 0.411. The molecular formula is C15H23N3O3. The summed E-state index contributed by atoms with van der Waals surface area (Å²) < 4.78 is 0. The van der Waals surface area contributed by atoms with E-state index in [1.54, 1.807) is 12.1 Å². The molecular weight excluding hydrogens is 270 g/mol. The molecule has 0 aliphatic heterocycles. The van der Waals surface area contributed by atoms with Crippen LogP contribution in [0.1, 0.15) is 31.4 Å². The Morgan fingerprint density at radius 1 is 1.43 bits per heavy atom. The van der Waals surface area contributed by atoms with Gasteiger partial charge in [0.15, 0.2) is 0 Å². The molecule has 1 atom stereocenters. The van der Waals surface area contributed by atoms with Gasteiger partial charge in [0, 0.05) is 37.8 Å². The Labute approximate surface area is 124 Å². The SMILES string of the molecule is CCN(CCNCC(O)c1ccc([N+](=O)[O-])cc1)C1CC1. The largest absolute Gasteiger partial charge is 0.387 e. The first-order valence-corrected chi connectivity index (χ1v) is 7.49. The second-order valence-corrected chi connectivity index (χ2v) is 5.43. The zero-order valence-corrected chi connectivity index (χ0v) is 12.4. The molecule has 1 fully saturated rings.